The number of rotatable bonds is 6. The minimum Gasteiger partial charge on any atom is -0.349 e. The highest BCUT2D eigenvalue weighted by Crippen LogP contribution is 2.49. The minimum atomic E-state index is -3.60. The van der Waals surface area contributed by atoms with Crippen molar-refractivity contribution in [3.05, 3.63) is 29.8 Å². The zero-order valence-corrected chi connectivity index (χ0v) is 14.9. The van der Waals surface area contributed by atoms with Gasteiger partial charge in [-0.1, -0.05) is 17.7 Å². The first kappa shape index (κ1) is 17.0. The van der Waals surface area contributed by atoms with Crippen molar-refractivity contribution in [1.29, 1.82) is 0 Å². The monoisotopic (exact) mass is 335 g/mol. The Balaban J connectivity index is 1.43. The Labute approximate surface area is 140 Å². The molecule has 2 fully saturated rings. The van der Waals surface area contributed by atoms with Crippen molar-refractivity contribution >= 4 is 18.1 Å². The summed E-state index contributed by atoms with van der Waals surface area (Å²) >= 11 is 0. The highest BCUT2D eigenvalue weighted by Gasteiger charge is 2.42. The van der Waals surface area contributed by atoms with Gasteiger partial charge < -0.3 is 4.81 Å². The molecule has 0 amide bonds. The number of hydrogen-bond acceptors (Lipinski definition) is 4. The van der Waals surface area contributed by atoms with Crippen molar-refractivity contribution in [3.63, 3.8) is 0 Å². The van der Waals surface area contributed by atoms with Crippen LogP contribution in [0, 0.1) is 24.7 Å². The van der Waals surface area contributed by atoms with Crippen LogP contribution in [0.15, 0.2) is 29.2 Å². The fourth-order valence-electron chi connectivity index (χ4n) is 3.72. The van der Waals surface area contributed by atoms with E-state index in [-0.39, 0.29) is 4.90 Å². The number of benzene rings is 1. The summed E-state index contributed by atoms with van der Waals surface area (Å²) < 4.78 is 29.5. The minimum absolute atomic E-state index is 0.255. The molecular formula is C17H26BNO3S. The van der Waals surface area contributed by atoms with Gasteiger partial charge in [-0.25, -0.2) is 0 Å². The van der Waals surface area contributed by atoms with E-state index in [4.69, 9.17) is 4.18 Å². The van der Waals surface area contributed by atoms with Crippen LogP contribution in [0.5, 0.6) is 0 Å². The van der Waals surface area contributed by atoms with Crippen LogP contribution in [0.1, 0.15) is 31.2 Å². The predicted octanol–water partition coefficient (Wildman–Crippen LogP) is 1.99. The van der Waals surface area contributed by atoms with Crippen LogP contribution in [-0.4, -0.2) is 40.9 Å². The Hall–Kier alpha value is -0.845. The van der Waals surface area contributed by atoms with E-state index in [2.05, 4.69) is 12.8 Å². The molecule has 0 unspecified atom stereocenters. The van der Waals surface area contributed by atoms with E-state index in [1.165, 1.54) is 32.4 Å². The van der Waals surface area contributed by atoms with Crippen LogP contribution < -0.4 is 0 Å². The Bertz CT molecular complexity index is 624. The van der Waals surface area contributed by atoms with Gasteiger partial charge in [-0.3, -0.25) is 4.18 Å². The first-order valence-electron chi connectivity index (χ1n) is 8.60. The number of hydrogen-bond donors (Lipinski definition) is 0. The summed E-state index contributed by atoms with van der Waals surface area (Å²) in [6.07, 6.45) is 4.70. The van der Waals surface area contributed by atoms with Crippen molar-refractivity contribution in [2.24, 2.45) is 17.8 Å². The van der Waals surface area contributed by atoms with E-state index in [0.29, 0.717) is 12.5 Å². The summed E-state index contributed by atoms with van der Waals surface area (Å²) in [6, 6.07) is 6.83. The fraction of sp³-hybridized carbons (Fsp3) is 0.647. The van der Waals surface area contributed by atoms with Gasteiger partial charge in [0, 0.05) is 0 Å². The number of aryl methyl sites for hydroxylation is 1. The average Bonchev–Trinajstić information content (AvgIpc) is 3.28. The lowest BCUT2D eigenvalue weighted by atomic mass is 9.89. The van der Waals surface area contributed by atoms with Crippen LogP contribution in [0.2, 0.25) is 0 Å². The summed E-state index contributed by atoms with van der Waals surface area (Å²) in [4.78, 5) is 2.65. The van der Waals surface area contributed by atoms with Crippen LogP contribution in [0.3, 0.4) is 0 Å². The molecule has 1 aliphatic heterocycles. The molecule has 6 heteroatoms. The molecule has 1 saturated heterocycles. The third-order valence-corrected chi connectivity index (χ3v) is 6.71. The largest absolute Gasteiger partial charge is 0.349 e. The lowest BCUT2D eigenvalue weighted by Crippen LogP contribution is -2.32. The summed E-state index contributed by atoms with van der Waals surface area (Å²) in [5.74, 6) is 2.30. The Kier molecular flexibility index (Phi) is 5.14. The first-order chi connectivity index (χ1) is 11.0. The van der Waals surface area contributed by atoms with E-state index in [1.54, 1.807) is 24.3 Å². The van der Waals surface area contributed by atoms with Gasteiger partial charge in [0.05, 0.1) is 11.5 Å². The lowest BCUT2D eigenvalue weighted by Gasteiger charge is -2.29. The lowest BCUT2D eigenvalue weighted by molar-refractivity contribution is 0.243. The van der Waals surface area contributed by atoms with Crippen molar-refractivity contribution < 1.29 is 12.6 Å². The smallest absolute Gasteiger partial charge is 0.296 e. The van der Waals surface area contributed by atoms with E-state index in [9.17, 15) is 8.42 Å². The molecule has 1 aromatic rings. The van der Waals surface area contributed by atoms with E-state index in [0.717, 1.165) is 23.8 Å². The highest BCUT2D eigenvalue weighted by atomic mass is 32.2. The summed E-state index contributed by atoms with van der Waals surface area (Å²) in [7, 11) is -1.42. The molecule has 2 atom stereocenters. The number of nitrogens with zero attached hydrogens (tertiary/aromatic N) is 1. The van der Waals surface area contributed by atoms with E-state index < -0.39 is 10.1 Å². The molecule has 1 aliphatic carbocycles. The molecule has 126 valence electrons. The standard InChI is InChI=1S/C17H26BNO3S/c1-13-2-4-16(5-3-13)23(20,21)22-11-8-15-12-17(15)14-6-9-19(18)10-7-14/h2-5,14-15,17H,6-12,18H2,1H3/t15-,17-/m1/s1. The Morgan fingerprint density at radius 3 is 2.52 bits per heavy atom. The van der Waals surface area contributed by atoms with Gasteiger partial charge in [-0.15, -0.1) is 0 Å². The van der Waals surface area contributed by atoms with Crippen molar-refractivity contribution in [2.75, 3.05) is 19.7 Å². The summed E-state index contributed by atoms with van der Waals surface area (Å²) in [5, 5.41) is 0. The number of piperidine rings is 1. The molecule has 0 spiro atoms. The molecule has 1 heterocycles. The Morgan fingerprint density at radius 2 is 1.87 bits per heavy atom. The van der Waals surface area contributed by atoms with Crippen molar-refractivity contribution in [2.45, 2.75) is 37.5 Å². The average molecular weight is 335 g/mol. The molecule has 0 N–H and O–H groups in total. The van der Waals surface area contributed by atoms with Gasteiger partial charge in [0.2, 0.25) is 0 Å². The SMILES string of the molecule is BN1CCC([C@H]2C[C@H]2CCOS(=O)(=O)c2ccc(C)cc2)CC1. The molecule has 2 aliphatic rings. The maximum absolute atomic E-state index is 12.1. The van der Waals surface area contributed by atoms with E-state index in [1.807, 2.05) is 6.92 Å². The van der Waals surface area contributed by atoms with Gasteiger partial charge in [0.1, 0.15) is 0 Å². The second-order valence-corrected chi connectivity index (χ2v) is 8.79. The quantitative estimate of drug-likeness (QED) is 0.589. The van der Waals surface area contributed by atoms with Crippen LogP contribution >= 0.6 is 0 Å². The molecule has 0 bridgehead atoms. The van der Waals surface area contributed by atoms with E-state index >= 15 is 0 Å². The first-order valence-corrected chi connectivity index (χ1v) is 10.0. The summed E-state index contributed by atoms with van der Waals surface area (Å²) in [6.45, 7) is 4.65. The van der Waals surface area contributed by atoms with Gasteiger partial charge in [0.25, 0.3) is 10.1 Å². The van der Waals surface area contributed by atoms with Crippen molar-refractivity contribution in [3.8, 4) is 0 Å². The molecule has 3 rings (SSSR count). The maximum atomic E-state index is 12.1. The zero-order chi connectivity index (χ0) is 16.4. The zero-order valence-electron chi connectivity index (χ0n) is 14.1. The van der Waals surface area contributed by atoms with Gasteiger partial charge in [-0.2, -0.15) is 8.42 Å². The maximum Gasteiger partial charge on any atom is 0.296 e. The van der Waals surface area contributed by atoms with Crippen LogP contribution in [-0.2, 0) is 14.3 Å². The van der Waals surface area contributed by atoms with Crippen LogP contribution in [0.4, 0.5) is 0 Å². The van der Waals surface area contributed by atoms with Crippen molar-refractivity contribution in [1.82, 2.24) is 4.81 Å². The Morgan fingerprint density at radius 1 is 1.22 bits per heavy atom. The van der Waals surface area contributed by atoms with Gasteiger partial charge in [0.15, 0.2) is 7.98 Å². The highest BCUT2D eigenvalue weighted by molar-refractivity contribution is 7.86. The molecular weight excluding hydrogens is 309 g/mol. The van der Waals surface area contributed by atoms with Crippen LogP contribution in [0.25, 0.3) is 0 Å². The predicted molar refractivity (Wildman–Crippen MR) is 93.4 cm³/mol. The normalized spacial score (nSPS) is 26.3. The molecule has 1 saturated carbocycles. The molecule has 0 aromatic heterocycles. The molecule has 0 radical (unpaired) electrons. The third-order valence-electron chi connectivity index (χ3n) is 5.38. The van der Waals surface area contributed by atoms with Gasteiger partial charge in [-0.05, 0) is 75.6 Å². The molecule has 1 aromatic carbocycles. The fourth-order valence-corrected chi connectivity index (χ4v) is 4.64. The third kappa shape index (κ3) is 4.37. The topological polar surface area (TPSA) is 46.6 Å². The van der Waals surface area contributed by atoms with Gasteiger partial charge >= 0.3 is 0 Å². The molecule has 4 nitrogen and oxygen atoms in total. The molecule has 23 heavy (non-hydrogen) atoms. The second-order valence-electron chi connectivity index (χ2n) is 7.18. The summed E-state index contributed by atoms with van der Waals surface area (Å²) in [5.41, 5.74) is 1.04. The second kappa shape index (κ2) is 6.95.